The first-order chi connectivity index (χ1) is 9.60. The predicted molar refractivity (Wildman–Crippen MR) is 83.0 cm³/mol. The third-order valence-electron chi connectivity index (χ3n) is 3.72. The van der Waals surface area contributed by atoms with E-state index in [9.17, 15) is 4.79 Å². The lowest BCUT2D eigenvalue weighted by atomic mass is 10.1. The van der Waals surface area contributed by atoms with Crippen LogP contribution in [0.1, 0.15) is 33.8 Å². The number of thiophene rings is 1. The Balaban J connectivity index is 1.92. The van der Waals surface area contributed by atoms with Gasteiger partial charge >= 0.3 is 0 Å². The number of nitrogens with two attached hydrogens (primary N) is 1. The molecule has 0 radical (unpaired) electrons. The highest BCUT2D eigenvalue weighted by molar-refractivity contribution is 7.12. The molecule has 104 valence electrons. The zero-order valence-electron chi connectivity index (χ0n) is 11.7. The van der Waals surface area contributed by atoms with Gasteiger partial charge in [-0.15, -0.1) is 11.3 Å². The normalized spacial score (nSPS) is 17.6. The SMILES string of the molecule is CCc1ccc(CN2C(=O)C(N)c3cc(C)ccc32)s1. The summed E-state index contributed by atoms with van der Waals surface area (Å²) in [7, 11) is 0. The van der Waals surface area contributed by atoms with Crippen LogP contribution in [0.4, 0.5) is 5.69 Å². The van der Waals surface area contributed by atoms with Gasteiger partial charge in [0.1, 0.15) is 6.04 Å². The van der Waals surface area contributed by atoms with Crippen molar-refractivity contribution < 1.29 is 4.79 Å². The molecular formula is C16H18N2OS. The number of carbonyl (C=O) groups is 1. The van der Waals surface area contributed by atoms with E-state index in [4.69, 9.17) is 5.73 Å². The molecule has 0 spiro atoms. The fourth-order valence-corrected chi connectivity index (χ4v) is 3.55. The van der Waals surface area contributed by atoms with Gasteiger partial charge in [0.2, 0.25) is 5.91 Å². The van der Waals surface area contributed by atoms with Crippen molar-refractivity contribution in [1.82, 2.24) is 0 Å². The van der Waals surface area contributed by atoms with E-state index in [-0.39, 0.29) is 5.91 Å². The number of nitrogens with zero attached hydrogens (tertiary/aromatic N) is 1. The molecule has 0 fully saturated rings. The van der Waals surface area contributed by atoms with Crippen LogP contribution in [0.5, 0.6) is 0 Å². The van der Waals surface area contributed by atoms with Crippen LogP contribution in [-0.2, 0) is 17.8 Å². The van der Waals surface area contributed by atoms with E-state index in [0.717, 1.165) is 23.2 Å². The zero-order chi connectivity index (χ0) is 14.3. The molecule has 1 unspecified atom stereocenters. The second-order valence-corrected chi connectivity index (χ2v) is 6.44. The van der Waals surface area contributed by atoms with Crippen LogP contribution in [-0.4, -0.2) is 5.91 Å². The van der Waals surface area contributed by atoms with Crippen LogP contribution in [0.15, 0.2) is 30.3 Å². The van der Waals surface area contributed by atoms with Crippen molar-refractivity contribution in [2.45, 2.75) is 32.9 Å². The molecule has 1 atom stereocenters. The Morgan fingerprint density at radius 3 is 2.70 bits per heavy atom. The molecule has 3 nitrogen and oxygen atoms in total. The molecule has 0 aliphatic carbocycles. The molecule has 1 aromatic carbocycles. The summed E-state index contributed by atoms with van der Waals surface area (Å²) in [6, 6.07) is 9.78. The number of anilines is 1. The summed E-state index contributed by atoms with van der Waals surface area (Å²) < 4.78 is 0. The highest BCUT2D eigenvalue weighted by Crippen LogP contribution is 2.36. The van der Waals surface area contributed by atoms with Gasteiger partial charge in [0, 0.05) is 21.0 Å². The Morgan fingerprint density at radius 2 is 2.00 bits per heavy atom. The van der Waals surface area contributed by atoms with Crippen LogP contribution >= 0.6 is 11.3 Å². The first-order valence-corrected chi connectivity index (χ1v) is 7.67. The average Bonchev–Trinajstić information content (AvgIpc) is 2.99. The van der Waals surface area contributed by atoms with E-state index in [1.54, 1.807) is 11.3 Å². The van der Waals surface area contributed by atoms with E-state index in [0.29, 0.717) is 6.54 Å². The van der Waals surface area contributed by atoms with Gasteiger partial charge in [-0.25, -0.2) is 0 Å². The molecule has 0 saturated heterocycles. The van der Waals surface area contributed by atoms with Gasteiger partial charge < -0.3 is 10.6 Å². The molecule has 2 aromatic rings. The number of hydrogen-bond donors (Lipinski definition) is 1. The summed E-state index contributed by atoms with van der Waals surface area (Å²) in [6.07, 6.45) is 1.04. The number of fused-ring (bicyclic) bond motifs is 1. The van der Waals surface area contributed by atoms with Crippen LogP contribution in [0.3, 0.4) is 0 Å². The van der Waals surface area contributed by atoms with Crippen molar-refractivity contribution in [2.24, 2.45) is 5.73 Å². The Hall–Kier alpha value is -1.65. The monoisotopic (exact) mass is 286 g/mol. The van der Waals surface area contributed by atoms with E-state index >= 15 is 0 Å². The minimum atomic E-state index is -0.518. The van der Waals surface area contributed by atoms with Gasteiger partial charge in [-0.2, -0.15) is 0 Å². The van der Waals surface area contributed by atoms with Gasteiger partial charge in [-0.1, -0.05) is 24.6 Å². The molecule has 4 heteroatoms. The Labute approximate surface area is 123 Å². The van der Waals surface area contributed by atoms with Crippen molar-refractivity contribution in [1.29, 1.82) is 0 Å². The van der Waals surface area contributed by atoms with E-state index < -0.39 is 6.04 Å². The molecule has 20 heavy (non-hydrogen) atoms. The number of benzene rings is 1. The van der Waals surface area contributed by atoms with Crippen molar-refractivity contribution in [3.05, 3.63) is 51.2 Å². The number of aryl methyl sites for hydroxylation is 2. The molecular weight excluding hydrogens is 268 g/mol. The fourth-order valence-electron chi connectivity index (χ4n) is 2.60. The van der Waals surface area contributed by atoms with Crippen molar-refractivity contribution in [3.8, 4) is 0 Å². The Bertz CT molecular complexity index is 662. The lowest BCUT2D eigenvalue weighted by molar-refractivity contribution is -0.119. The quantitative estimate of drug-likeness (QED) is 0.942. The highest BCUT2D eigenvalue weighted by Gasteiger charge is 2.34. The summed E-state index contributed by atoms with van der Waals surface area (Å²) in [5.41, 5.74) is 9.09. The number of hydrogen-bond acceptors (Lipinski definition) is 3. The maximum atomic E-state index is 12.4. The summed E-state index contributed by atoms with van der Waals surface area (Å²) in [5.74, 6) is -0.00273. The molecule has 1 aliphatic heterocycles. The molecule has 2 heterocycles. The first-order valence-electron chi connectivity index (χ1n) is 6.85. The maximum absolute atomic E-state index is 12.4. The Kier molecular flexibility index (Phi) is 3.36. The van der Waals surface area contributed by atoms with Gasteiger partial charge in [-0.05, 0) is 31.5 Å². The minimum absolute atomic E-state index is 0.00273. The van der Waals surface area contributed by atoms with Gasteiger partial charge in [0.05, 0.1) is 6.54 Å². The second-order valence-electron chi connectivity index (χ2n) is 5.19. The smallest absolute Gasteiger partial charge is 0.248 e. The molecule has 1 aromatic heterocycles. The van der Waals surface area contributed by atoms with Crippen LogP contribution < -0.4 is 10.6 Å². The first kappa shape index (κ1) is 13.3. The van der Waals surface area contributed by atoms with Gasteiger partial charge in [-0.3, -0.25) is 4.79 Å². The third kappa shape index (κ3) is 2.15. The molecule has 1 aliphatic rings. The van der Waals surface area contributed by atoms with Gasteiger partial charge in [0.25, 0.3) is 0 Å². The van der Waals surface area contributed by atoms with E-state index in [1.165, 1.54) is 9.75 Å². The minimum Gasteiger partial charge on any atom is -0.316 e. The van der Waals surface area contributed by atoms with Crippen LogP contribution in [0.2, 0.25) is 0 Å². The summed E-state index contributed by atoms with van der Waals surface area (Å²) >= 11 is 1.77. The van der Waals surface area contributed by atoms with Crippen LogP contribution in [0.25, 0.3) is 0 Å². The highest BCUT2D eigenvalue weighted by atomic mass is 32.1. The van der Waals surface area contributed by atoms with Crippen molar-refractivity contribution in [3.63, 3.8) is 0 Å². The largest absolute Gasteiger partial charge is 0.316 e. The topological polar surface area (TPSA) is 46.3 Å². The lowest BCUT2D eigenvalue weighted by Gasteiger charge is -2.16. The standard InChI is InChI=1S/C16H18N2OS/c1-3-11-5-6-12(20-11)9-18-14-7-4-10(2)8-13(14)15(17)16(18)19/h4-8,15H,3,9,17H2,1-2H3. The zero-order valence-corrected chi connectivity index (χ0v) is 12.5. The number of carbonyl (C=O) groups excluding carboxylic acids is 1. The van der Waals surface area contributed by atoms with Crippen LogP contribution in [0, 0.1) is 6.92 Å². The van der Waals surface area contributed by atoms with E-state index in [2.05, 4.69) is 19.1 Å². The molecule has 2 N–H and O–H groups in total. The van der Waals surface area contributed by atoms with Crippen molar-refractivity contribution in [2.75, 3.05) is 4.90 Å². The second kappa shape index (κ2) is 5.04. The molecule has 1 amide bonds. The molecule has 0 saturated carbocycles. The predicted octanol–water partition coefficient (Wildman–Crippen LogP) is 3.17. The summed E-state index contributed by atoms with van der Waals surface area (Å²) in [4.78, 5) is 16.7. The van der Waals surface area contributed by atoms with E-state index in [1.807, 2.05) is 30.0 Å². The number of amides is 1. The Morgan fingerprint density at radius 1 is 1.25 bits per heavy atom. The third-order valence-corrected chi connectivity index (χ3v) is 4.94. The maximum Gasteiger partial charge on any atom is 0.248 e. The molecule has 3 rings (SSSR count). The number of rotatable bonds is 3. The van der Waals surface area contributed by atoms with Crippen molar-refractivity contribution >= 4 is 22.9 Å². The fraction of sp³-hybridized carbons (Fsp3) is 0.312. The summed E-state index contributed by atoms with van der Waals surface area (Å²) in [5, 5.41) is 0. The average molecular weight is 286 g/mol. The van der Waals surface area contributed by atoms with Gasteiger partial charge in [0.15, 0.2) is 0 Å². The lowest BCUT2D eigenvalue weighted by Crippen LogP contribution is -2.30. The summed E-state index contributed by atoms with van der Waals surface area (Å²) in [6.45, 7) is 4.78. The molecule has 0 bridgehead atoms.